The fourth-order valence-corrected chi connectivity index (χ4v) is 4.23. The van der Waals surface area contributed by atoms with Crippen LogP contribution in [0.2, 0.25) is 0 Å². The molecule has 0 saturated carbocycles. The van der Waals surface area contributed by atoms with Crippen LogP contribution in [0.3, 0.4) is 0 Å². The summed E-state index contributed by atoms with van der Waals surface area (Å²) in [7, 11) is -3.77. The Morgan fingerprint density at radius 2 is 2.00 bits per heavy atom. The largest absolute Gasteiger partial charge is 0.486 e. The molecule has 0 fully saturated rings. The SMILES string of the molecule is CC(=O)NC[C@H](c1cccnc1)S(=O)(=O)c1ccc2c(c1)OCCO2. The van der Waals surface area contributed by atoms with Crippen molar-refractivity contribution in [3.63, 3.8) is 0 Å². The average Bonchev–Trinajstić information content (AvgIpc) is 2.62. The molecule has 1 N–H and O–H groups in total. The number of hydrogen-bond acceptors (Lipinski definition) is 6. The lowest BCUT2D eigenvalue weighted by Gasteiger charge is -2.21. The van der Waals surface area contributed by atoms with Crippen molar-refractivity contribution in [1.29, 1.82) is 0 Å². The lowest BCUT2D eigenvalue weighted by molar-refractivity contribution is -0.118. The third-order valence-corrected chi connectivity index (χ3v) is 5.91. The van der Waals surface area contributed by atoms with E-state index in [4.69, 9.17) is 9.47 Å². The molecule has 1 aromatic heterocycles. The van der Waals surface area contributed by atoms with E-state index in [9.17, 15) is 13.2 Å². The number of carbonyl (C=O) groups is 1. The molecule has 2 aromatic rings. The van der Waals surface area contributed by atoms with Crippen LogP contribution in [0.25, 0.3) is 0 Å². The highest BCUT2D eigenvalue weighted by Crippen LogP contribution is 2.36. The van der Waals surface area contributed by atoms with Crippen LogP contribution in [0, 0.1) is 0 Å². The third kappa shape index (κ3) is 3.74. The third-order valence-electron chi connectivity index (χ3n) is 3.81. The fraction of sp³-hybridized carbons (Fsp3) is 0.294. The minimum absolute atomic E-state index is 0.0438. The summed E-state index contributed by atoms with van der Waals surface area (Å²) in [6.07, 6.45) is 3.05. The van der Waals surface area contributed by atoms with Crippen molar-refractivity contribution in [2.75, 3.05) is 19.8 Å². The minimum atomic E-state index is -3.77. The number of nitrogens with zero attached hydrogens (tertiary/aromatic N) is 1. The number of fused-ring (bicyclic) bond motifs is 1. The first-order valence-corrected chi connectivity index (χ1v) is 9.31. The number of benzene rings is 1. The molecule has 0 spiro atoms. The molecule has 132 valence electrons. The minimum Gasteiger partial charge on any atom is -0.486 e. The topological polar surface area (TPSA) is 94.6 Å². The van der Waals surface area contributed by atoms with Gasteiger partial charge in [-0.15, -0.1) is 0 Å². The number of ether oxygens (including phenoxy) is 2. The van der Waals surface area contributed by atoms with Crippen molar-refractivity contribution in [2.45, 2.75) is 17.1 Å². The summed E-state index contributed by atoms with van der Waals surface area (Å²) >= 11 is 0. The van der Waals surface area contributed by atoms with Crippen molar-refractivity contribution in [2.24, 2.45) is 0 Å². The van der Waals surface area contributed by atoms with E-state index in [-0.39, 0.29) is 17.3 Å². The first-order chi connectivity index (χ1) is 12.0. The Morgan fingerprint density at radius 3 is 2.68 bits per heavy atom. The second-order valence-electron chi connectivity index (χ2n) is 5.56. The standard InChI is InChI=1S/C17H18N2O5S/c1-12(20)19-11-17(13-3-2-6-18-10-13)25(21,22)14-4-5-15-16(9-14)24-8-7-23-15/h2-6,9-10,17H,7-8,11H2,1H3,(H,19,20)/t17-/m1/s1. The molecule has 0 radical (unpaired) electrons. The van der Waals surface area contributed by atoms with Crippen LogP contribution in [-0.2, 0) is 14.6 Å². The van der Waals surface area contributed by atoms with E-state index in [1.54, 1.807) is 24.4 Å². The number of pyridine rings is 1. The van der Waals surface area contributed by atoms with Crippen molar-refractivity contribution in [3.8, 4) is 11.5 Å². The second-order valence-corrected chi connectivity index (χ2v) is 7.69. The molecule has 8 heteroatoms. The summed E-state index contributed by atoms with van der Waals surface area (Å²) < 4.78 is 37.2. The highest BCUT2D eigenvalue weighted by molar-refractivity contribution is 7.91. The molecule has 2 heterocycles. The maximum atomic E-state index is 13.2. The van der Waals surface area contributed by atoms with Gasteiger partial charge in [0.2, 0.25) is 5.91 Å². The van der Waals surface area contributed by atoms with Crippen molar-refractivity contribution < 1.29 is 22.7 Å². The van der Waals surface area contributed by atoms with Gasteiger partial charge in [0.05, 0.1) is 4.90 Å². The van der Waals surface area contributed by atoms with Crippen LogP contribution >= 0.6 is 0 Å². The summed E-state index contributed by atoms with van der Waals surface area (Å²) in [5.74, 6) is 0.619. The Hall–Kier alpha value is -2.61. The molecule has 1 aliphatic rings. The van der Waals surface area contributed by atoms with Gasteiger partial charge in [-0.25, -0.2) is 8.42 Å². The zero-order chi connectivity index (χ0) is 17.9. The Morgan fingerprint density at radius 1 is 1.24 bits per heavy atom. The van der Waals surface area contributed by atoms with E-state index in [1.165, 1.54) is 25.3 Å². The number of sulfone groups is 1. The van der Waals surface area contributed by atoms with E-state index in [1.807, 2.05) is 0 Å². The van der Waals surface area contributed by atoms with Crippen LogP contribution in [0.4, 0.5) is 0 Å². The van der Waals surface area contributed by atoms with Gasteiger partial charge in [0.1, 0.15) is 18.5 Å². The summed E-state index contributed by atoms with van der Waals surface area (Å²) in [4.78, 5) is 15.4. The van der Waals surface area contributed by atoms with Gasteiger partial charge in [-0.1, -0.05) is 6.07 Å². The highest BCUT2D eigenvalue weighted by atomic mass is 32.2. The van der Waals surface area contributed by atoms with Gasteiger partial charge in [-0.3, -0.25) is 9.78 Å². The van der Waals surface area contributed by atoms with Crippen molar-refractivity contribution >= 4 is 15.7 Å². The Kier molecular flexibility index (Phi) is 4.89. The number of rotatable bonds is 5. The summed E-state index contributed by atoms with van der Waals surface area (Å²) in [6.45, 7) is 2.10. The zero-order valence-electron chi connectivity index (χ0n) is 13.6. The summed E-state index contributed by atoms with van der Waals surface area (Å²) in [5.41, 5.74) is 0.506. The number of hydrogen-bond donors (Lipinski definition) is 1. The van der Waals surface area contributed by atoms with Gasteiger partial charge >= 0.3 is 0 Å². The maximum Gasteiger partial charge on any atom is 0.216 e. The zero-order valence-corrected chi connectivity index (χ0v) is 14.5. The van der Waals surface area contributed by atoms with Crippen LogP contribution in [0.5, 0.6) is 11.5 Å². The Labute approximate surface area is 145 Å². The van der Waals surface area contributed by atoms with Gasteiger partial charge < -0.3 is 14.8 Å². The van der Waals surface area contributed by atoms with E-state index < -0.39 is 15.1 Å². The molecule has 0 bridgehead atoms. The molecular formula is C17H18N2O5S. The fourth-order valence-electron chi connectivity index (χ4n) is 2.57. The number of amides is 1. The molecule has 3 rings (SSSR count). The maximum absolute atomic E-state index is 13.2. The number of aromatic nitrogens is 1. The molecule has 0 unspecified atom stereocenters. The molecule has 1 aromatic carbocycles. The van der Waals surface area contributed by atoms with E-state index in [0.29, 0.717) is 30.3 Å². The number of carbonyl (C=O) groups excluding carboxylic acids is 1. The van der Waals surface area contributed by atoms with Crippen LogP contribution in [-0.4, -0.2) is 39.1 Å². The molecule has 0 saturated heterocycles. The molecule has 7 nitrogen and oxygen atoms in total. The van der Waals surface area contributed by atoms with Gasteiger partial charge in [0.25, 0.3) is 0 Å². The molecule has 0 aliphatic carbocycles. The Balaban J connectivity index is 1.99. The van der Waals surface area contributed by atoms with Crippen molar-refractivity contribution in [3.05, 3.63) is 48.3 Å². The van der Waals surface area contributed by atoms with Gasteiger partial charge in [0.15, 0.2) is 21.3 Å². The normalized spacial score (nSPS) is 14.6. The monoisotopic (exact) mass is 362 g/mol. The predicted octanol–water partition coefficient (Wildman–Crippen LogP) is 1.50. The van der Waals surface area contributed by atoms with Crippen LogP contribution < -0.4 is 14.8 Å². The molecule has 1 aliphatic heterocycles. The van der Waals surface area contributed by atoms with Gasteiger partial charge in [0, 0.05) is 31.9 Å². The van der Waals surface area contributed by atoms with E-state index >= 15 is 0 Å². The lowest BCUT2D eigenvalue weighted by Crippen LogP contribution is -2.30. The smallest absolute Gasteiger partial charge is 0.216 e. The first-order valence-electron chi connectivity index (χ1n) is 7.76. The Bertz CT molecular complexity index is 868. The molecular weight excluding hydrogens is 344 g/mol. The average molecular weight is 362 g/mol. The van der Waals surface area contributed by atoms with Crippen molar-refractivity contribution in [1.82, 2.24) is 10.3 Å². The van der Waals surface area contributed by atoms with Gasteiger partial charge in [-0.05, 0) is 23.8 Å². The van der Waals surface area contributed by atoms with E-state index in [0.717, 1.165) is 0 Å². The van der Waals surface area contributed by atoms with Crippen LogP contribution in [0.15, 0.2) is 47.6 Å². The van der Waals surface area contributed by atoms with Crippen LogP contribution in [0.1, 0.15) is 17.7 Å². The quantitative estimate of drug-likeness (QED) is 0.866. The molecule has 1 atom stereocenters. The van der Waals surface area contributed by atoms with Gasteiger partial charge in [-0.2, -0.15) is 0 Å². The highest BCUT2D eigenvalue weighted by Gasteiger charge is 2.31. The first kappa shape index (κ1) is 17.2. The van der Waals surface area contributed by atoms with E-state index in [2.05, 4.69) is 10.3 Å². The lowest BCUT2D eigenvalue weighted by atomic mass is 10.2. The summed E-state index contributed by atoms with van der Waals surface area (Å²) in [5, 5.41) is 1.63. The molecule has 1 amide bonds. The number of nitrogens with one attached hydrogen (secondary N) is 1. The predicted molar refractivity (Wildman–Crippen MR) is 90.3 cm³/mol. The summed E-state index contributed by atoms with van der Waals surface area (Å²) in [6, 6.07) is 7.87. The second kappa shape index (κ2) is 7.10. The molecule has 25 heavy (non-hydrogen) atoms.